The van der Waals surface area contributed by atoms with E-state index in [1.165, 1.54) is 24.3 Å². The first-order chi connectivity index (χ1) is 12.3. The number of benzene rings is 2. The van der Waals surface area contributed by atoms with Gasteiger partial charge in [-0.15, -0.1) is 0 Å². The van der Waals surface area contributed by atoms with Gasteiger partial charge in [-0.25, -0.2) is 4.79 Å². The molecule has 0 unspecified atom stereocenters. The number of nitro benzene ring substituents is 1. The Kier molecular flexibility index (Phi) is 6.30. The van der Waals surface area contributed by atoms with Crippen LogP contribution in [0.2, 0.25) is 0 Å². The molecule has 0 aliphatic heterocycles. The fraction of sp³-hybridized carbons (Fsp3) is 0.316. The van der Waals surface area contributed by atoms with Crippen molar-refractivity contribution in [2.75, 3.05) is 7.11 Å². The van der Waals surface area contributed by atoms with Crippen molar-refractivity contribution in [2.45, 2.75) is 31.3 Å². The van der Waals surface area contributed by atoms with Gasteiger partial charge in [0.25, 0.3) is 5.69 Å². The summed E-state index contributed by atoms with van der Waals surface area (Å²) >= 11 is 0. The summed E-state index contributed by atoms with van der Waals surface area (Å²) in [6, 6.07) is 13.0. The van der Waals surface area contributed by atoms with Crippen LogP contribution < -0.4 is 4.74 Å². The zero-order valence-corrected chi connectivity index (χ0v) is 14.4. The highest BCUT2D eigenvalue weighted by Crippen LogP contribution is 2.23. The summed E-state index contributed by atoms with van der Waals surface area (Å²) in [6.45, 7) is 0. The highest BCUT2D eigenvalue weighted by molar-refractivity contribution is 5.77. The molecular weight excluding hydrogens is 338 g/mol. The van der Waals surface area contributed by atoms with Crippen molar-refractivity contribution in [3.8, 4) is 5.75 Å². The van der Waals surface area contributed by atoms with Gasteiger partial charge in [-0.1, -0.05) is 24.3 Å². The minimum absolute atomic E-state index is 0.0748. The average Bonchev–Trinajstić information content (AvgIpc) is 2.62. The van der Waals surface area contributed by atoms with Crippen LogP contribution in [0.15, 0.2) is 48.5 Å². The van der Waals surface area contributed by atoms with Gasteiger partial charge < -0.3 is 14.9 Å². The quantitative estimate of drug-likeness (QED) is 0.526. The van der Waals surface area contributed by atoms with E-state index in [1.807, 2.05) is 24.3 Å². The monoisotopic (exact) mass is 359 g/mol. The minimum Gasteiger partial charge on any atom is -0.497 e. The van der Waals surface area contributed by atoms with Gasteiger partial charge in [-0.2, -0.15) is 0 Å². The standard InChI is InChI=1S/C19H21NO6/c1-26-17-10-6-14(7-11-17)3-2-12-19(23,18(21)22)13-15-4-8-16(9-5-15)20(24)25/h4-11,23H,2-3,12-13H2,1H3,(H,21,22)/t19-/m1/s1. The molecule has 0 heterocycles. The van der Waals surface area contributed by atoms with Gasteiger partial charge in [-0.3, -0.25) is 10.1 Å². The lowest BCUT2D eigenvalue weighted by molar-refractivity contribution is -0.384. The average molecular weight is 359 g/mol. The van der Waals surface area contributed by atoms with Crippen molar-refractivity contribution >= 4 is 11.7 Å². The number of rotatable bonds is 9. The second-order valence-electron chi connectivity index (χ2n) is 6.14. The minimum atomic E-state index is -1.91. The molecule has 0 aliphatic rings. The van der Waals surface area contributed by atoms with E-state index in [2.05, 4.69) is 0 Å². The number of nitro groups is 1. The number of aliphatic carboxylic acids is 1. The maximum atomic E-state index is 11.6. The Labute approximate surface area is 151 Å². The summed E-state index contributed by atoms with van der Waals surface area (Å²) in [4.78, 5) is 21.7. The van der Waals surface area contributed by atoms with Crippen molar-refractivity contribution < 1.29 is 24.7 Å². The Bertz CT molecular complexity index is 757. The van der Waals surface area contributed by atoms with Gasteiger partial charge in [-0.05, 0) is 42.5 Å². The Balaban J connectivity index is 1.99. The van der Waals surface area contributed by atoms with Crippen LogP contribution in [0.1, 0.15) is 24.0 Å². The number of methoxy groups -OCH3 is 1. The lowest BCUT2D eigenvalue weighted by Gasteiger charge is -2.23. The first-order valence-corrected chi connectivity index (χ1v) is 8.16. The topological polar surface area (TPSA) is 110 Å². The Morgan fingerprint density at radius 1 is 1.12 bits per heavy atom. The molecule has 1 atom stereocenters. The summed E-state index contributed by atoms with van der Waals surface area (Å²) in [6.07, 6.45) is 1.08. The molecular formula is C19H21NO6. The van der Waals surface area contributed by atoms with Crippen molar-refractivity contribution in [3.05, 3.63) is 69.8 Å². The number of aryl methyl sites for hydroxylation is 1. The summed E-state index contributed by atoms with van der Waals surface area (Å²) in [7, 11) is 1.58. The van der Waals surface area contributed by atoms with E-state index in [-0.39, 0.29) is 18.5 Å². The number of carboxylic acid groups (broad SMARTS) is 1. The molecule has 26 heavy (non-hydrogen) atoms. The van der Waals surface area contributed by atoms with E-state index in [9.17, 15) is 25.1 Å². The molecule has 0 aromatic heterocycles. The van der Waals surface area contributed by atoms with E-state index >= 15 is 0 Å². The van der Waals surface area contributed by atoms with Crippen LogP contribution in [0.3, 0.4) is 0 Å². The molecule has 0 saturated carbocycles. The molecule has 7 heteroatoms. The number of carbonyl (C=O) groups is 1. The van der Waals surface area contributed by atoms with Crippen molar-refractivity contribution in [3.63, 3.8) is 0 Å². The number of nitrogens with zero attached hydrogens (tertiary/aromatic N) is 1. The molecule has 7 nitrogen and oxygen atoms in total. The van der Waals surface area contributed by atoms with Gasteiger partial charge >= 0.3 is 5.97 Å². The second-order valence-corrected chi connectivity index (χ2v) is 6.14. The van der Waals surface area contributed by atoms with E-state index in [0.29, 0.717) is 18.4 Å². The van der Waals surface area contributed by atoms with Crippen LogP contribution in [0.25, 0.3) is 0 Å². The smallest absolute Gasteiger partial charge is 0.336 e. The third kappa shape index (κ3) is 5.03. The number of non-ortho nitro benzene ring substituents is 1. The third-order valence-electron chi connectivity index (χ3n) is 4.26. The van der Waals surface area contributed by atoms with Crippen LogP contribution in [0.4, 0.5) is 5.69 Å². The number of hydrogen-bond donors (Lipinski definition) is 2. The van der Waals surface area contributed by atoms with Crippen molar-refractivity contribution in [1.82, 2.24) is 0 Å². The van der Waals surface area contributed by atoms with Gasteiger partial charge in [0.1, 0.15) is 5.75 Å². The highest BCUT2D eigenvalue weighted by Gasteiger charge is 2.35. The number of aliphatic hydroxyl groups is 1. The maximum absolute atomic E-state index is 11.6. The van der Waals surface area contributed by atoms with Gasteiger partial charge in [0.2, 0.25) is 0 Å². The van der Waals surface area contributed by atoms with Gasteiger partial charge in [0, 0.05) is 18.6 Å². The van der Waals surface area contributed by atoms with E-state index in [4.69, 9.17) is 4.74 Å². The molecule has 138 valence electrons. The van der Waals surface area contributed by atoms with Crippen LogP contribution in [-0.4, -0.2) is 33.8 Å². The summed E-state index contributed by atoms with van der Waals surface area (Å²) in [5.41, 5.74) is -0.436. The number of ether oxygens (including phenoxy) is 1. The molecule has 2 rings (SSSR count). The van der Waals surface area contributed by atoms with E-state index in [1.54, 1.807) is 7.11 Å². The highest BCUT2D eigenvalue weighted by atomic mass is 16.6. The molecule has 0 fully saturated rings. The SMILES string of the molecule is COc1ccc(CCC[C@@](O)(Cc2ccc([N+](=O)[O-])cc2)C(=O)O)cc1. The zero-order valence-electron chi connectivity index (χ0n) is 14.4. The molecule has 0 amide bonds. The molecule has 0 bridgehead atoms. The Morgan fingerprint density at radius 2 is 1.69 bits per heavy atom. The molecule has 2 N–H and O–H groups in total. The lowest BCUT2D eigenvalue weighted by Crippen LogP contribution is -2.40. The lowest BCUT2D eigenvalue weighted by atomic mass is 9.88. The van der Waals surface area contributed by atoms with Crippen LogP contribution in [-0.2, 0) is 17.6 Å². The predicted molar refractivity (Wildman–Crippen MR) is 95.3 cm³/mol. The zero-order chi connectivity index (χ0) is 19.2. The summed E-state index contributed by atoms with van der Waals surface area (Å²) in [5.74, 6) is -0.556. The molecule has 2 aromatic carbocycles. The normalized spacial score (nSPS) is 13.0. The largest absolute Gasteiger partial charge is 0.497 e. The Morgan fingerprint density at radius 3 is 2.19 bits per heavy atom. The van der Waals surface area contributed by atoms with E-state index in [0.717, 1.165) is 11.3 Å². The van der Waals surface area contributed by atoms with Crippen LogP contribution in [0, 0.1) is 10.1 Å². The van der Waals surface area contributed by atoms with Gasteiger partial charge in [0.05, 0.1) is 12.0 Å². The number of hydrogen-bond acceptors (Lipinski definition) is 5. The van der Waals surface area contributed by atoms with E-state index < -0.39 is 16.5 Å². The third-order valence-corrected chi connectivity index (χ3v) is 4.26. The number of carboxylic acids is 1. The molecule has 0 radical (unpaired) electrons. The summed E-state index contributed by atoms with van der Waals surface area (Å²) in [5, 5.41) is 30.6. The molecule has 0 spiro atoms. The summed E-state index contributed by atoms with van der Waals surface area (Å²) < 4.78 is 5.09. The fourth-order valence-corrected chi connectivity index (χ4v) is 2.72. The molecule has 0 saturated heterocycles. The van der Waals surface area contributed by atoms with Crippen molar-refractivity contribution in [2.24, 2.45) is 0 Å². The fourth-order valence-electron chi connectivity index (χ4n) is 2.72. The van der Waals surface area contributed by atoms with Crippen LogP contribution in [0.5, 0.6) is 5.75 Å². The Hall–Kier alpha value is -2.93. The second kappa shape index (κ2) is 8.44. The molecule has 2 aromatic rings. The van der Waals surface area contributed by atoms with Crippen molar-refractivity contribution in [1.29, 1.82) is 0 Å². The first kappa shape index (κ1) is 19.4. The van der Waals surface area contributed by atoms with Crippen LogP contribution >= 0.6 is 0 Å². The molecule has 0 aliphatic carbocycles. The maximum Gasteiger partial charge on any atom is 0.336 e. The van der Waals surface area contributed by atoms with Gasteiger partial charge in [0.15, 0.2) is 5.60 Å². The predicted octanol–water partition coefficient (Wildman–Crippen LogP) is 2.98. The first-order valence-electron chi connectivity index (χ1n) is 8.16.